The molecule has 0 aliphatic carbocycles. The van der Waals surface area contributed by atoms with Crippen LogP contribution >= 0.6 is 0 Å². The molecule has 0 unspecified atom stereocenters. The number of aryl methyl sites for hydroxylation is 1. The van der Waals surface area contributed by atoms with Crippen molar-refractivity contribution >= 4 is 43.1 Å². The van der Waals surface area contributed by atoms with E-state index >= 15 is 0 Å². The maximum atomic E-state index is 11.6. The Morgan fingerprint density at radius 1 is 0.776 bits per heavy atom. The van der Waals surface area contributed by atoms with Crippen molar-refractivity contribution in [3.8, 4) is 28.0 Å². The highest BCUT2D eigenvalue weighted by Gasteiger charge is 2.28. The maximum absolute atomic E-state index is 11.6. The first-order chi connectivity index (χ1) is 23.5. The van der Waals surface area contributed by atoms with Crippen molar-refractivity contribution in [2.24, 2.45) is 0 Å². The highest BCUT2D eigenvalue weighted by Crippen LogP contribution is 2.42. The van der Waals surface area contributed by atoms with Gasteiger partial charge in [-0.25, -0.2) is 0 Å². The Morgan fingerprint density at radius 3 is 2.02 bits per heavy atom. The van der Waals surface area contributed by atoms with Gasteiger partial charge >= 0.3 is 5.89 Å². The zero-order valence-corrected chi connectivity index (χ0v) is 28.5. The lowest BCUT2D eigenvalue weighted by Crippen LogP contribution is -2.36. The molecule has 0 amide bonds. The summed E-state index contributed by atoms with van der Waals surface area (Å²) >= 11 is 0. The Kier molecular flexibility index (Phi) is 10.0. The summed E-state index contributed by atoms with van der Waals surface area (Å²) in [7, 11) is -8.30. The monoisotopic (exact) mass is 701 g/mol. The van der Waals surface area contributed by atoms with Crippen LogP contribution in [0.15, 0.2) is 119 Å². The van der Waals surface area contributed by atoms with Crippen LogP contribution in [-0.4, -0.2) is 44.0 Å². The SMILES string of the molecule is CCC(=Cc1oc2cc(-c3ccccc3)ccc2[n+]1CCCS(=O)(=O)O)C=C1Oc2ccc(-c3ccccc3)cc2N1CCCS(=O)(=O)O. The first-order valence-corrected chi connectivity index (χ1v) is 19.2. The van der Waals surface area contributed by atoms with Gasteiger partial charge < -0.3 is 14.1 Å². The van der Waals surface area contributed by atoms with E-state index in [1.807, 2.05) is 126 Å². The molecule has 0 saturated carbocycles. The zero-order chi connectivity index (χ0) is 34.6. The number of hydrogen-bond donors (Lipinski definition) is 2. The van der Waals surface area contributed by atoms with Crippen molar-refractivity contribution in [2.75, 3.05) is 23.0 Å². The van der Waals surface area contributed by atoms with Crippen LogP contribution in [0.3, 0.4) is 0 Å². The summed E-state index contributed by atoms with van der Waals surface area (Å²) in [4.78, 5) is 1.90. The van der Waals surface area contributed by atoms with Gasteiger partial charge in [-0.05, 0) is 64.9 Å². The van der Waals surface area contributed by atoms with Gasteiger partial charge in [0.15, 0.2) is 12.3 Å². The van der Waals surface area contributed by atoms with Gasteiger partial charge in [0.05, 0.1) is 23.3 Å². The number of oxazole rings is 1. The van der Waals surface area contributed by atoms with Gasteiger partial charge in [0, 0.05) is 25.1 Å². The second-order valence-corrected chi connectivity index (χ2v) is 14.9. The molecule has 0 radical (unpaired) electrons. The quantitative estimate of drug-likeness (QED) is 0.0969. The van der Waals surface area contributed by atoms with Crippen molar-refractivity contribution in [1.82, 2.24) is 0 Å². The highest BCUT2D eigenvalue weighted by atomic mass is 32.2. The molecule has 5 aromatic rings. The van der Waals surface area contributed by atoms with E-state index in [1.54, 1.807) is 0 Å². The van der Waals surface area contributed by atoms with Crippen LogP contribution < -0.4 is 14.2 Å². The van der Waals surface area contributed by atoms with Gasteiger partial charge in [-0.2, -0.15) is 21.4 Å². The summed E-state index contributed by atoms with van der Waals surface area (Å²) in [5.41, 5.74) is 6.98. The summed E-state index contributed by atoms with van der Waals surface area (Å²) in [5, 5.41) is 0. The number of fused-ring (bicyclic) bond motifs is 2. The smallest absolute Gasteiger partial charge is 0.374 e. The van der Waals surface area contributed by atoms with Crippen LogP contribution in [0.4, 0.5) is 5.69 Å². The Hall–Kier alpha value is -4.75. The minimum Gasteiger partial charge on any atom is -0.439 e. The van der Waals surface area contributed by atoms with E-state index in [4.69, 9.17) is 9.15 Å². The van der Waals surface area contributed by atoms with E-state index in [0.717, 1.165) is 39.0 Å². The Bertz CT molecular complexity index is 2250. The number of rotatable bonds is 13. The largest absolute Gasteiger partial charge is 0.439 e. The summed E-state index contributed by atoms with van der Waals surface area (Å²) < 4.78 is 79.5. The van der Waals surface area contributed by atoms with Crippen molar-refractivity contribution in [1.29, 1.82) is 0 Å². The molecule has 254 valence electrons. The molecule has 6 rings (SSSR count). The summed E-state index contributed by atoms with van der Waals surface area (Å²) in [6, 6.07) is 31.5. The number of allylic oxidation sites excluding steroid dienone is 2. The molecule has 2 N–H and O–H groups in total. The molecule has 0 atom stereocenters. The van der Waals surface area contributed by atoms with Gasteiger partial charge in [-0.1, -0.05) is 73.7 Å². The molecular weight excluding hydrogens is 665 g/mol. The Labute approximate surface area is 286 Å². The van der Waals surface area contributed by atoms with E-state index in [-0.39, 0.29) is 25.9 Å². The van der Waals surface area contributed by atoms with Crippen molar-refractivity contribution in [3.05, 3.63) is 120 Å². The van der Waals surface area contributed by atoms with Gasteiger partial charge in [-0.15, -0.1) is 0 Å². The van der Waals surface area contributed by atoms with Crippen LogP contribution in [0.5, 0.6) is 5.75 Å². The number of ether oxygens (including phenoxy) is 1. The molecule has 0 fully saturated rings. The molecule has 10 nitrogen and oxygen atoms in total. The van der Waals surface area contributed by atoms with Gasteiger partial charge in [-0.3, -0.25) is 9.11 Å². The molecule has 4 aromatic carbocycles. The molecular formula is C37H37N2O8S2+. The second-order valence-electron chi connectivity index (χ2n) is 11.8. The average Bonchev–Trinajstić information content (AvgIpc) is 3.60. The van der Waals surface area contributed by atoms with Crippen LogP contribution in [-0.2, 0) is 26.8 Å². The standard InChI is InChI=1S/C37H36N2O8S2/c1-2-27(23-36-38(19-9-21-48(40,41)42)32-17-15-31(26-35(32)47-36)29-13-7-4-8-14-29)24-37-39(20-10-22-49(43,44)45)33-25-30(16-18-34(33)46-37)28-11-5-3-6-12-28/h3-8,11-18,23-26H,2,9-10,19-22H2,1H3,(H-,40,41,42,43,44,45)/p+1. The van der Waals surface area contributed by atoms with E-state index in [0.29, 0.717) is 29.5 Å². The lowest BCUT2D eigenvalue weighted by Gasteiger charge is -2.19. The Morgan fingerprint density at radius 2 is 1.39 bits per heavy atom. The molecule has 1 aliphatic rings. The predicted octanol–water partition coefficient (Wildman–Crippen LogP) is 7.14. The third-order valence-corrected chi connectivity index (χ3v) is 9.88. The summed E-state index contributed by atoms with van der Waals surface area (Å²) in [6.45, 7) is 2.54. The van der Waals surface area contributed by atoms with Crippen molar-refractivity contribution in [2.45, 2.75) is 32.7 Å². The fourth-order valence-electron chi connectivity index (χ4n) is 5.88. The van der Waals surface area contributed by atoms with Crippen LogP contribution in [0, 0.1) is 0 Å². The first kappa shape index (κ1) is 34.1. The zero-order valence-electron chi connectivity index (χ0n) is 26.9. The minimum atomic E-state index is -4.15. The predicted molar refractivity (Wildman–Crippen MR) is 190 cm³/mol. The minimum absolute atomic E-state index is 0.167. The molecule has 0 spiro atoms. The highest BCUT2D eigenvalue weighted by molar-refractivity contribution is 7.86. The van der Waals surface area contributed by atoms with E-state index in [1.165, 1.54) is 0 Å². The number of hydrogen-bond acceptors (Lipinski definition) is 7. The van der Waals surface area contributed by atoms with Crippen LogP contribution in [0.25, 0.3) is 39.4 Å². The molecule has 12 heteroatoms. The summed E-state index contributed by atoms with van der Waals surface area (Å²) in [5.74, 6) is 0.811. The van der Waals surface area contributed by atoms with E-state index in [2.05, 4.69) is 0 Å². The average molecular weight is 702 g/mol. The van der Waals surface area contributed by atoms with Crippen molar-refractivity contribution in [3.63, 3.8) is 0 Å². The third-order valence-electron chi connectivity index (χ3n) is 8.27. The number of nitrogens with zero attached hydrogens (tertiary/aromatic N) is 2. The lowest BCUT2D eigenvalue weighted by molar-refractivity contribution is -0.677. The molecule has 0 saturated heterocycles. The van der Waals surface area contributed by atoms with E-state index in [9.17, 15) is 25.9 Å². The third kappa shape index (κ3) is 8.46. The van der Waals surface area contributed by atoms with Crippen molar-refractivity contribution < 1.29 is 39.7 Å². The fourth-order valence-corrected chi connectivity index (χ4v) is 6.86. The number of anilines is 1. The summed E-state index contributed by atoms with van der Waals surface area (Å²) in [6.07, 6.45) is 4.67. The number of benzene rings is 4. The fraction of sp³-hybridized carbons (Fsp3) is 0.216. The van der Waals surface area contributed by atoms with Crippen LogP contribution in [0.2, 0.25) is 0 Å². The van der Waals surface area contributed by atoms with Gasteiger partial charge in [0.1, 0.15) is 0 Å². The normalized spacial score (nSPS) is 14.4. The first-order valence-electron chi connectivity index (χ1n) is 16.0. The topological polar surface area (TPSA) is 138 Å². The Balaban J connectivity index is 1.39. The van der Waals surface area contributed by atoms with Crippen LogP contribution in [0.1, 0.15) is 32.1 Å². The second kappa shape index (κ2) is 14.4. The van der Waals surface area contributed by atoms with Gasteiger partial charge in [0.2, 0.25) is 11.5 Å². The molecule has 1 aliphatic heterocycles. The van der Waals surface area contributed by atoms with E-state index < -0.39 is 31.7 Å². The number of aromatic nitrogens is 1. The molecule has 1 aromatic heterocycles. The molecule has 2 heterocycles. The molecule has 0 bridgehead atoms. The van der Waals surface area contributed by atoms with Gasteiger partial charge in [0.25, 0.3) is 25.8 Å². The lowest BCUT2D eigenvalue weighted by atomic mass is 10.0. The maximum Gasteiger partial charge on any atom is 0.374 e. The molecule has 49 heavy (non-hydrogen) atoms.